The Bertz CT molecular complexity index is 91.1. The van der Waals surface area contributed by atoms with Gasteiger partial charge in [-0.15, -0.1) is 8.60 Å². The molecule has 76 valence electrons. The third-order valence-electron chi connectivity index (χ3n) is 2.88. The van der Waals surface area contributed by atoms with Gasteiger partial charge in [0.25, 0.3) is 0 Å². The fourth-order valence-electron chi connectivity index (χ4n) is 2.02. The van der Waals surface area contributed by atoms with Crippen molar-refractivity contribution in [3.8, 4) is 0 Å². The van der Waals surface area contributed by atoms with Crippen molar-refractivity contribution in [2.24, 2.45) is 0 Å². The molecule has 0 aromatic carbocycles. The second kappa shape index (κ2) is 10.8. The van der Waals surface area contributed by atoms with Gasteiger partial charge in [-0.05, 0) is 0 Å². The highest BCUT2D eigenvalue weighted by atomic mass is 24.5. The van der Waals surface area contributed by atoms with Crippen molar-refractivity contribution in [1.82, 2.24) is 0 Å². The van der Waals surface area contributed by atoms with Crippen LogP contribution in [0.3, 0.4) is 0 Å². The topological polar surface area (TPSA) is 0 Å². The minimum absolute atomic E-state index is 0.287. The van der Waals surface area contributed by atoms with Gasteiger partial charge in [0.1, 0.15) is 0 Å². The van der Waals surface area contributed by atoms with Crippen LogP contribution in [0, 0.1) is 0 Å². The van der Waals surface area contributed by atoms with Gasteiger partial charge in [-0.25, -0.2) is 0 Å². The highest BCUT2D eigenvalue weighted by molar-refractivity contribution is 6.37. The van der Waals surface area contributed by atoms with Crippen LogP contribution < -0.4 is 0 Å². The average molecular weight is 195 g/mol. The Balaban J connectivity index is 3.41. The molecule has 0 saturated carbocycles. The van der Waals surface area contributed by atoms with E-state index in [1.807, 2.05) is 0 Å². The van der Waals surface area contributed by atoms with Crippen molar-refractivity contribution in [1.29, 1.82) is 0 Å². The van der Waals surface area contributed by atoms with Crippen molar-refractivity contribution < 1.29 is 0 Å². The van der Waals surface area contributed by atoms with E-state index in [2.05, 4.69) is 20.8 Å². The van der Waals surface area contributed by atoms with Crippen LogP contribution in [0.15, 0.2) is 0 Å². The Morgan fingerprint density at radius 1 is 0.846 bits per heavy atom. The summed E-state index contributed by atoms with van der Waals surface area (Å²) in [6.07, 6.45) is 10.3. The lowest BCUT2D eigenvalue weighted by molar-refractivity contribution is 0.580. The smallest absolute Gasteiger partial charge is 0.148 e. The lowest BCUT2D eigenvalue weighted by Gasteiger charge is -2.14. The highest BCUT2D eigenvalue weighted by Gasteiger charge is 2.09. The SMILES string of the molecule is CCCCC[CH](CCCC)[Mg][CH2]C. The van der Waals surface area contributed by atoms with Crippen molar-refractivity contribution in [2.75, 3.05) is 0 Å². The summed E-state index contributed by atoms with van der Waals surface area (Å²) in [5.41, 5.74) is 0. The molecule has 0 bridgehead atoms. The maximum Gasteiger partial charge on any atom is 0.368 e. The summed E-state index contributed by atoms with van der Waals surface area (Å²) in [7, 11) is 0. The van der Waals surface area contributed by atoms with Crippen LogP contribution in [0.5, 0.6) is 0 Å². The van der Waals surface area contributed by atoms with Gasteiger partial charge >= 0.3 is 20.4 Å². The fraction of sp³-hybridized carbons (Fsp3) is 1.00. The standard InChI is InChI=1S/C10H21.C2H5.Mg/c1-3-5-7-9-10-8-6-4-2;1-2;/h9H,3-8,10H2,1-2H3;1H2,2H3;. The molecule has 0 aliphatic rings. The molecule has 0 spiro atoms. The summed E-state index contributed by atoms with van der Waals surface area (Å²) in [5, 5.41) is 0. The number of rotatable bonds is 9. The first-order valence-electron chi connectivity index (χ1n) is 6.35. The van der Waals surface area contributed by atoms with Crippen molar-refractivity contribution >= 4 is 20.4 Å². The zero-order valence-electron chi connectivity index (χ0n) is 9.94. The molecular weight excluding hydrogens is 168 g/mol. The molecule has 0 aromatic heterocycles. The van der Waals surface area contributed by atoms with Crippen molar-refractivity contribution in [2.45, 2.75) is 74.3 Å². The van der Waals surface area contributed by atoms with Crippen LogP contribution >= 0.6 is 0 Å². The highest BCUT2D eigenvalue weighted by Crippen LogP contribution is 2.22. The predicted octanol–water partition coefficient (Wildman–Crippen LogP) is 4.69. The second-order valence-electron chi connectivity index (χ2n) is 4.29. The van der Waals surface area contributed by atoms with E-state index in [9.17, 15) is 0 Å². The van der Waals surface area contributed by atoms with Crippen LogP contribution in [0.2, 0.25) is 8.60 Å². The summed E-state index contributed by atoms with van der Waals surface area (Å²) in [6, 6.07) is 0. The molecule has 0 nitrogen and oxygen atoms in total. The fourth-order valence-corrected chi connectivity index (χ4v) is 3.99. The Morgan fingerprint density at radius 3 is 2.00 bits per heavy atom. The van der Waals surface area contributed by atoms with Crippen molar-refractivity contribution in [3.05, 3.63) is 0 Å². The third-order valence-corrected chi connectivity index (χ3v) is 5.09. The third kappa shape index (κ3) is 9.08. The van der Waals surface area contributed by atoms with E-state index < -0.39 is 0 Å². The lowest BCUT2D eigenvalue weighted by Crippen LogP contribution is -2.02. The van der Waals surface area contributed by atoms with Crippen LogP contribution in [0.25, 0.3) is 0 Å². The second-order valence-corrected chi connectivity index (χ2v) is 7.02. The number of unbranched alkanes of at least 4 members (excludes halogenated alkanes) is 3. The van der Waals surface area contributed by atoms with E-state index in [4.69, 9.17) is 0 Å². The van der Waals surface area contributed by atoms with Gasteiger partial charge in [-0.2, -0.15) is 0 Å². The van der Waals surface area contributed by atoms with E-state index in [0.29, 0.717) is 0 Å². The Morgan fingerprint density at radius 2 is 1.46 bits per heavy atom. The van der Waals surface area contributed by atoms with E-state index >= 15 is 0 Å². The molecule has 0 rings (SSSR count). The van der Waals surface area contributed by atoms with Gasteiger partial charge in [-0.1, -0.05) is 65.7 Å². The quantitative estimate of drug-likeness (QED) is 0.369. The molecule has 1 heteroatoms. The molecule has 0 heterocycles. The maximum atomic E-state index is 2.38. The molecule has 0 fully saturated rings. The minimum Gasteiger partial charge on any atom is -0.148 e. The van der Waals surface area contributed by atoms with Crippen molar-refractivity contribution in [3.63, 3.8) is 0 Å². The summed E-state index contributed by atoms with van der Waals surface area (Å²) >= 11 is 0.287. The molecule has 1 unspecified atom stereocenters. The molecule has 0 aliphatic carbocycles. The van der Waals surface area contributed by atoms with Gasteiger partial charge in [-0.3, -0.25) is 0 Å². The first kappa shape index (κ1) is 13.8. The lowest BCUT2D eigenvalue weighted by atomic mass is 10.1. The largest absolute Gasteiger partial charge is 0.368 e. The van der Waals surface area contributed by atoms with Gasteiger partial charge in [0.15, 0.2) is 0 Å². The number of hydrogen-bond acceptors (Lipinski definition) is 0. The van der Waals surface area contributed by atoms with E-state index in [-0.39, 0.29) is 20.4 Å². The van der Waals surface area contributed by atoms with Gasteiger partial charge in [0.2, 0.25) is 0 Å². The normalized spacial score (nSPS) is 12.5. The Kier molecular flexibility index (Phi) is 11.5. The number of hydrogen-bond donors (Lipinski definition) is 0. The molecule has 0 aliphatic heterocycles. The predicted molar refractivity (Wildman–Crippen MR) is 63.7 cm³/mol. The summed E-state index contributed by atoms with van der Waals surface area (Å²) < 4.78 is 2.69. The molecule has 0 aromatic rings. The van der Waals surface area contributed by atoms with Crippen LogP contribution in [0.4, 0.5) is 0 Å². The van der Waals surface area contributed by atoms with Gasteiger partial charge < -0.3 is 0 Å². The minimum atomic E-state index is 0.287. The van der Waals surface area contributed by atoms with Crippen LogP contribution in [-0.4, -0.2) is 20.4 Å². The van der Waals surface area contributed by atoms with Gasteiger partial charge in [0, 0.05) is 0 Å². The molecule has 0 N–H and O–H groups in total. The summed E-state index contributed by atoms with van der Waals surface area (Å²) in [6.45, 7) is 7.00. The monoisotopic (exact) mass is 194 g/mol. The van der Waals surface area contributed by atoms with Crippen LogP contribution in [-0.2, 0) is 0 Å². The average Bonchev–Trinajstić information content (AvgIpc) is 2.14. The molecular formula is C12H26Mg. The molecule has 1 atom stereocenters. The van der Waals surface area contributed by atoms with Crippen LogP contribution in [0.1, 0.15) is 65.7 Å². The van der Waals surface area contributed by atoms with E-state index in [1.165, 1.54) is 40.7 Å². The zero-order chi connectivity index (χ0) is 9.94. The molecule has 0 saturated heterocycles. The molecule has 0 amide bonds. The first-order chi connectivity index (χ1) is 6.35. The zero-order valence-corrected chi connectivity index (χ0v) is 11.4. The molecule has 13 heavy (non-hydrogen) atoms. The Hall–Kier alpha value is 0.766. The maximum absolute atomic E-state index is 2.38. The Labute approximate surface area is 94.6 Å². The summed E-state index contributed by atoms with van der Waals surface area (Å²) in [4.78, 5) is 0. The van der Waals surface area contributed by atoms with E-state index in [0.717, 1.165) is 0 Å². The molecule has 0 radical (unpaired) electrons. The van der Waals surface area contributed by atoms with Gasteiger partial charge in [0.05, 0.1) is 0 Å². The first-order valence-corrected chi connectivity index (χ1v) is 8.16. The van der Waals surface area contributed by atoms with E-state index in [1.54, 1.807) is 12.8 Å². The summed E-state index contributed by atoms with van der Waals surface area (Å²) in [5.74, 6) is 0.